The van der Waals surface area contributed by atoms with Crippen LogP contribution in [0, 0.1) is 246 Å². The molecule has 0 spiro atoms. The van der Waals surface area contributed by atoms with Gasteiger partial charge in [0, 0.05) is 36.0 Å². The molecule has 4 fully saturated rings. The van der Waals surface area contributed by atoms with Gasteiger partial charge in [-0.05, 0) is 190 Å². The second-order valence-electron chi connectivity index (χ2n) is 41.0. The minimum Gasteiger partial charge on any atom is -0.207 e. The maximum absolute atomic E-state index is 17.0. The van der Waals surface area contributed by atoms with Gasteiger partial charge in [-0.25, -0.2) is 87.8 Å². The van der Waals surface area contributed by atoms with Crippen molar-refractivity contribution in [1.29, 1.82) is 0 Å². The van der Waals surface area contributed by atoms with Gasteiger partial charge in [0.25, 0.3) is 0 Å². The summed E-state index contributed by atoms with van der Waals surface area (Å²) in [5.41, 5.74) is 6.52. The monoisotopic (exact) mass is 1940 g/mol. The van der Waals surface area contributed by atoms with Crippen LogP contribution in [0.3, 0.4) is 0 Å². The van der Waals surface area contributed by atoms with Crippen LogP contribution in [0.25, 0.3) is 0 Å². The zero-order valence-electron chi connectivity index (χ0n) is 80.7. The number of hydrogen-bond donors (Lipinski definition) is 0. The third-order valence-electron chi connectivity index (χ3n) is 31.8. The van der Waals surface area contributed by atoms with Gasteiger partial charge in [-0.1, -0.05) is 265 Å². The summed E-state index contributed by atoms with van der Waals surface area (Å²) in [5.74, 6) is -54.0. The van der Waals surface area contributed by atoms with Gasteiger partial charge in [-0.2, -0.15) is 0 Å². The van der Waals surface area contributed by atoms with Gasteiger partial charge in [0.05, 0.1) is 38.1 Å². The standard InChI is InChI=1S/2C48H46BF10P.3C6H6/c2*1-20(2)31-27-11-12-28(31)48(9,10)29-19-30-33(32(27)29)49(34-36(50)40(54)44(58)41(55)37(34)51,35-38(52)42(56)45(59)43(57)39(35)53)13-14-60(30,46-23(5)15-21(3)16-24(46)6)47-25(7)17-22(4)18-26(47)8;3*1-2-4-6-5-3-1/h2*11-12,15-19,27-28,30,32-33H,13-14H2,1-10H3;3*1-6H/t2*27-,28+,30-,32-,33-;;;/m10.../s1. The average molecular weight is 1940 g/mol. The van der Waals surface area contributed by atoms with Crippen molar-refractivity contribution in [2.24, 2.45) is 46.3 Å². The van der Waals surface area contributed by atoms with Crippen LogP contribution < -0.4 is 43.1 Å². The van der Waals surface area contributed by atoms with E-state index in [-0.39, 0.29) is 24.2 Å². The van der Waals surface area contributed by atoms with Crippen molar-refractivity contribution in [3.8, 4) is 0 Å². The van der Waals surface area contributed by atoms with E-state index in [1.54, 1.807) is 0 Å². The number of fused-ring (bicyclic) bond motifs is 12. The molecule has 2 heterocycles. The Bertz CT molecular complexity index is 5960. The van der Waals surface area contributed by atoms with Crippen LogP contribution in [0.1, 0.15) is 122 Å². The van der Waals surface area contributed by atoms with Crippen molar-refractivity contribution in [2.45, 2.75) is 174 Å². The molecule has 19 rings (SSSR count). The third-order valence-corrected chi connectivity index (χ3v) is 42.8. The molecule has 138 heavy (non-hydrogen) atoms. The van der Waals surface area contributed by atoms with Crippen molar-refractivity contribution in [3.63, 3.8) is 0 Å². The molecule has 6 aliphatic carbocycles. The predicted octanol–water partition coefficient (Wildman–Crippen LogP) is 28.4. The van der Waals surface area contributed by atoms with Crippen LogP contribution in [-0.2, 0) is 0 Å². The first-order valence-corrected chi connectivity index (χ1v) is 50.7. The number of allylic oxidation sites excluding steroid dienone is 12. The average Bonchev–Trinajstić information content (AvgIpc) is 1.37. The molecule has 0 N–H and O–H groups in total. The van der Waals surface area contributed by atoms with Crippen LogP contribution in [-0.4, -0.2) is 35.9 Å². The molecule has 4 bridgehead atoms. The Morgan fingerprint density at radius 2 is 0.435 bits per heavy atom. The lowest BCUT2D eigenvalue weighted by Gasteiger charge is -2.60. The highest BCUT2D eigenvalue weighted by atomic mass is 31.2. The summed E-state index contributed by atoms with van der Waals surface area (Å²) in [6.07, 6.45) is 2.16. The lowest BCUT2D eigenvalue weighted by Crippen LogP contribution is -2.72. The van der Waals surface area contributed by atoms with Crippen molar-refractivity contribution < 1.29 is 87.8 Å². The van der Waals surface area contributed by atoms with Crippen LogP contribution >= 0.6 is 14.5 Å². The van der Waals surface area contributed by atoms with E-state index in [1.165, 1.54) is 0 Å². The number of halogens is 20. The highest BCUT2D eigenvalue weighted by Crippen LogP contribution is 2.81. The number of rotatable bonds is 8. The van der Waals surface area contributed by atoms with Crippen molar-refractivity contribution in [2.75, 3.05) is 12.3 Å². The third kappa shape index (κ3) is 15.7. The number of benzene rings is 11. The molecular formula is C114H110B2F20P2. The molecule has 24 heteroatoms. The summed E-state index contributed by atoms with van der Waals surface area (Å²) < 4.78 is 323. The first-order valence-electron chi connectivity index (χ1n) is 46.6. The largest absolute Gasteiger partial charge is 0.207 e. The summed E-state index contributed by atoms with van der Waals surface area (Å²) in [6, 6.07) is 52.1. The smallest absolute Gasteiger partial charge is 0.200 e. The van der Waals surface area contributed by atoms with E-state index in [2.05, 4.69) is 0 Å². The zero-order chi connectivity index (χ0) is 101. The van der Waals surface area contributed by atoms with Crippen molar-refractivity contribution in [3.05, 3.63) is 411 Å². The van der Waals surface area contributed by atoms with Crippen molar-refractivity contribution in [1.82, 2.24) is 0 Å². The molecule has 2 aliphatic heterocycles. The topological polar surface area (TPSA) is 0 Å². The van der Waals surface area contributed by atoms with E-state index in [9.17, 15) is 0 Å². The summed E-state index contributed by atoms with van der Waals surface area (Å²) in [6.45, 7) is 39.0. The summed E-state index contributed by atoms with van der Waals surface area (Å²) >= 11 is 0. The Morgan fingerprint density at radius 1 is 0.261 bits per heavy atom. The van der Waals surface area contributed by atoms with Crippen LogP contribution in [0.15, 0.2) is 228 Å². The fourth-order valence-corrected chi connectivity index (χ4v) is 41.2. The van der Waals surface area contributed by atoms with Crippen LogP contribution in [0.2, 0.25) is 24.3 Å². The van der Waals surface area contributed by atoms with Crippen LogP contribution in [0.4, 0.5) is 87.8 Å². The molecule has 11 aromatic carbocycles. The first-order chi connectivity index (χ1) is 64.9. The zero-order valence-corrected chi connectivity index (χ0v) is 82.5. The van der Waals surface area contributed by atoms with Crippen molar-refractivity contribution >= 4 is 69.9 Å². The molecule has 2 saturated carbocycles. The normalized spacial score (nSPS) is 22.3. The van der Waals surface area contributed by atoms with E-state index in [0.29, 0.717) is 0 Å². The van der Waals surface area contributed by atoms with Gasteiger partial charge in [-0.15, -0.1) is 46.1 Å². The molecule has 722 valence electrons. The highest BCUT2D eigenvalue weighted by molar-refractivity contribution is 7.91. The van der Waals surface area contributed by atoms with E-state index in [0.717, 1.165) is 121 Å². The Labute approximate surface area is 796 Å². The highest BCUT2D eigenvalue weighted by Gasteiger charge is 2.73. The lowest BCUT2D eigenvalue weighted by atomic mass is 9.10. The van der Waals surface area contributed by atoms with Gasteiger partial charge in [0.15, 0.2) is 69.8 Å². The number of hydrogen-bond acceptors (Lipinski definition) is 0. The Balaban J connectivity index is 0.000000176. The Kier molecular flexibility index (Phi) is 27.9. The molecule has 10 atom stereocenters. The number of aryl methyl sites for hydroxylation is 12. The second kappa shape index (κ2) is 37.8. The molecule has 0 aromatic heterocycles. The molecule has 8 aliphatic rings. The molecule has 0 nitrogen and oxygen atoms in total. The van der Waals surface area contributed by atoms with Crippen LogP contribution in [0.5, 0.6) is 0 Å². The van der Waals surface area contributed by atoms with Gasteiger partial charge in [0.2, 0.25) is 0 Å². The van der Waals surface area contributed by atoms with Gasteiger partial charge >= 0.3 is 0 Å². The summed E-state index contributed by atoms with van der Waals surface area (Å²) in [7, 11) is -6.29. The minimum absolute atomic E-state index is 0.112. The van der Waals surface area contributed by atoms with Gasteiger partial charge in [-0.3, -0.25) is 0 Å². The maximum Gasteiger partial charge on any atom is 0.200 e. The predicted molar refractivity (Wildman–Crippen MR) is 523 cm³/mol. The SMILES string of the molecule is CC(C)=C1[C@H]2C=C[C@@H]1C(C)(C)C1=C[C@@H]3[C@H]([C@@H]12)[B-](c1c(F)c(F)c(F)c(F)c1F)(c1c(F)c(F)c(F)c(F)c1F)CC[P+]3(c1c(C)cc(C)cc1C)c1c(C)cc(C)cc1C.CC(C)=C1[C@H]2C=C[C@@H]1[C@H]1C(=C[C@H]3[C@@H]1[B-](c1c(F)c(F)c(F)c(F)c1F)(c1c(F)c(F)c(F)c(F)c1F)CC[P+]3(c1c(C)cc(C)cc1C)c1c(C)cc(C)cc1C)C2(C)C.c1ccccc1.c1ccccc1.c1ccccc1. The van der Waals surface area contributed by atoms with E-state index in [4.69, 9.17) is 0 Å². The summed E-state index contributed by atoms with van der Waals surface area (Å²) in [5, 5.41) is 3.70. The lowest BCUT2D eigenvalue weighted by molar-refractivity contribution is 0.260. The van der Waals surface area contributed by atoms with Gasteiger partial charge in [0.1, 0.15) is 67.8 Å². The Hall–Kier alpha value is -10.6. The van der Waals surface area contributed by atoms with Gasteiger partial charge < -0.3 is 0 Å². The minimum atomic E-state index is -4.12. The van der Waals surface area contributed by atoms with E-state index in [1.807, 2.05) is 333 Å². The molecule has 0 radical (unpaired) electrons. The molecule has 2 saturated heterocycles. The van der Waals surface area contributed by atoms with E-state index >= 15 is 87.8 Å². The van der Waals surface area contributed by atoms with E-state index < -0.39 is 235 Å². The Morgan fingerprint density at radius 3 is 0.609 bits per heavy atom. The first kappa shape index (κ1) is 102. The summed E-state index contributed by atoms with van der Waals surface area (Å²) in [4.78, 5) is 0. The fraction of sp³-hybridized carbons (Fsp3) is 0.316. The fourth-order valence-electron chi connectivity index (χ4n) is 27.9. The maximum atomic E-state index is 17.0. The second-order valence-corrected chi connectivity index (χ2v) is 48.3. The molecule has 11 aromatic rings. The molecule has 0 amide bonds. The molecule has 0 unspecified atom stereocenters. The quantitative estimate of drug-likeness (QED) is 0.0355. The molecular weight excluding hydrogens is 1830 g/mol.